The number of hydrogen-bond acceptors (Lipinski definition) is 2. The molecule has 1 aliphatic rings. The second-order valence-electron chi connectivity index (χ2n) is 7.37. The van der Waals surface area contributed by atoms with Gasteiger partial charge in [0.05, 0.1) is 6.61 Å². The summed E-state index contributed by atoms with van der Waals surface area (Å²) in [5.41, 5.74) is 2.78. The molecule has 1 aliphatic heterocycles. The Balaban J connectivity index is 0.00000300. The summed E-state index contributed by atoms with van der Waals surface area (Å²) >= 11 is 0. The van der Waals surface area contributed by atoms with E-state index in [-0.39, 0.29) is 24.0 Å². The molecule has 0 amide bonds. The van der Waals surface area contributed by atoms with Gasteiger partial charge in [-0.2, -0.15) is 0 Å². The highest BCUT2D eigenvalue weighted by Gasteiger charge is 2.25. The Morgan fingerprint density at radius 1 is 1.03 bits per heavy atom. The van der Waals surface area contributed by atoms with Crippen LogP contribution >= 0.6 is 24.0 Å². The fraction of sp³-hybridized carbons (Fsp3) is 0.458. The molecular weight excluding hydrogens is 473 g/mol. The van der Waals surface area contributed by atoms with Crippen LogP contribution < -0.4 is 5.32 Å². The third-order valence-corrected chi connectivity index (χ3v) is 5.35. The number of nitrogens with zero attached hydrogens (tertiary/aromatic N) is 2. The Morgan fingerprint density at radius 3 is 2.48 bits per heavy atom. The number of ether oxygens (including phenoxy) is 1. The number of rotatable bonds is 9. The van der Waals surface area contributed by atoms with Gasteiger partial charge in [-0.25, -0.2) is 0 Å². The van der Waals surface area contributed by atoms with E-state index in [1.807, 2.05) is 7.05 Å². The van der Waals surface area contributed by atoms with Gasteiger partial charge in [0.25, 0.3) is 0 Å². The molecule has 1 saturated heterocycles. The van der Waals surface area contributed by atoms with Crippen molar-refractivity contribution in [2.75, 3.05) is 39.9 Å². The van der Waals surface area contributed by atoms with E-state index >= 15 is 0 Å². The molecule has 2 aromatic rings. The van der Waals surface area contributed by atoms with Gasteiger partial charge in [0.1, 0.15) is 0 Å². The van der Waals surface area contributed by atoms with Crippen molar-refractivity contribution in [2.24, 2.45) is 4.99 Å². The van der Waals surface area contributed by atoms with Crippen molar-refractivity contribution in [3.63, 3.8) is 0 Å². The highest BCUT2D eigenvalue weighted by atomic mass is 127. The molecule has 1 unspecified atom stereocenters. The van der Waals surface area contributed by atoms with Crippen molar-refractivity contribution in [3.8, 4) is 0 Å². The highest BCUT2D eigenvalue weighted by Crippen LogP contribution is 2.26. The summed E-state index contributed by atoms with van der Waals surface area (Å²) in [6, 6.07) is 21.3. The number of nitrogens with one attached hydrogen (secondary N) is 1. The summed E-state index contributed by atoms with van der Waals surface area (Å²) in [5.74, 6) is 1.64. The molecule has 1 fully saturated rings. The first-order valence-corrected chi connectivity index (χ1v) is 10.5. The number of benzene rings is 2. The van der Waals surface area contributed by atoms with Crippen molar-refractivity contribution < 1.29 is 4.74 Å². The second kappa shape index (κ2) is 13.6. The lowest BCUT2D eigenvalue weighted by Gasteiger charge is -2.21. The molecule has 29 heavy (non-hydrogen) atoms. The van der Waals surface area contributed by atoms with Gasteiger partial charge in [-0.3, -0.25) is 4.99 Å². The molecule has 158 valence electrons. The van der Waals surface area contributed by atoms with E-state index in [0.29, 0.717) is 5.92 Å². The number of unbranched alkanes of at least 4 members (excludes halogenated alkanes) is 1. The van der Waals surface area contributed by atoms with Gasteiger partial charge < -0.3 is 15.0 Å². The summed E-state index contributed by atoms with van der Waals surface area (Å²) < 4.78 is 5.77. The third kappa shape index (κ3) is 7.97. The molecule has 0 aliphatic carbocycles. The predicted octanol–water partition coefficient (Wildman–Crippen LogP) is 4.71. The smallest absolute Gasteiger partial charge is 0.193 e. The molecule has 3 rings (SSSR count). The van der Waals surface area contributed by atoms with E-state index in [4.69, 9.17) is 4.74 Å². The minimum atomic E-state index is 0. The zero-order valence-electron chi connectivity index (χ0n) is 17.4. The van der Waals surface area contributed by atoms with Crippen molar-refractivity contribution in [1.82, 2.24) is 10.2 Å². The first-order valence-electron chi connectivity index (χ1n) is 10.5. The zero-order valence-corrected chi connectivity index (χ0v) is 19.8. The van der Waals surface area contributed by atoms with E-state index in [1.54, 1.807) is 0 Å². The van der Waals surface area contributed by atoms with Crippen LogP contribution in [0.1, 0.15) is 36.3 Å². The van der Waals surface area contributed by atoms with E-state index < -0.39 is 0 Å². The molecule has 1 N–H and O–H groups in total. The van der Waals surface area contributed by atoms with Crippen molar-refractivity contribution in [1.29, 1.82) is 0 Å². The molecule has 2 aromatic carbocycles. The van der Waals surface area contributed by atoms with Crippen molar-refractivity contribution >= 4 is 29.9 Å². The fourth-order valence-electron chi connectivity index (χ4n) is 3.75. The van der Waals surface area contributed by atoms with Crippen LogP contribution in [-0.2, 0) is 11.2 Å². The normalized spacial score (nSPS) is 16.5. The molecule has 0 saturated carbocycles. The Morgan fingerprint density at radius 2 is 1.76 bits per heavy atom. The summed E-state index contributed by atoms with van der Waals surface area (Å²) in [6.07, 6.45) is 4.36. The maximum Gasteiger partial charge on any atom is 0.193 e. The average molecular weight is 507 g/mol. The standard InChI is InChI=1S/C24H33N3O.HI/c1-25-24(27-17-14-23(20-27)22-12-6-3-7-13-22)26-16-8-9-18-28-19-15-21-10-4-2-5-11-21;/h2-7,10-13,23H,8-9,14-20H2,1H3,(H,25,26);1H. The van der Waals surface area contributed by atoms with E-state index in [0.717, 1.165) is 58.1 Å². The average Bonchev–Trinajstić information content (AvgIpc) is 3.24. The topological polar surface area (TPSA) is 36.9 Å². The molecule has 0 spiro atoms. The number of likely N-dealkylation sites (tertiary alicyclic amines) is 1. The van der Waals surface area contributed by atoms with Gasteiger partial charge in [0, 0.05) is 39.2 Å². The van der Waals surface area contributed by atoms with Crippen LogP contribution in [0.25, 0.3) is 0 Å². The third-order valence-electron chi connectivity index (χ3n) is 5.35. The molecule has 1 atom stereocenters. The summed E-state index contributed by atoms with van der Waals surface area (Å²) in [4.78, 5) is 6.86. The van der Waals surface area contributed by atoms with Gasteiger partial charge in [0.15, 0.2) is 5.96 Å². The van der Waals surface area contributed by atoms with Crippen LogP contribution in [0.3, 0.4) is 0 Å². The molecule has 1 heterocycles. The number of aliphatic imine (C=N–C) groups is 1. The first kappa shape index (κ1) is 23.7. The lowest BCUT2D eigenvalue weighted by molar-refractivity contribution is 0.133. The molecule has 0 aromatic heterocycles. The number of guanidine groups is 1. The second-order valence-corrected chi connectivity index (χ2v) is 7.37. The largest absolute Gasteiger partial charge is 0.381 e. The monoisotopic (exact) mass is 507 g/mol. The maximum atomic E-state index is 5.77. The lowest BCUT2D eigenvalue weighted by Crippen LogP contribution is -2.40. The van der Waals surface area contributed by atoms with Gasteiger partial charge in [-0.1, -0.05) is 60.7 Å². The van der Waals surface area contributed by atoms with Crippen LogP contribution in [0.15, 0.2) is 65.7 Å². The summed E-state index contributed by atoms with van der Waals surface area (Å²) in [7, 11) is 1.88. The van der Waals surface area contributed by atoms with E-state index in [9.17, 15) is 0 Å². The predicted molar refractivity (Wildman–Crippen MR) is 132 cm³/mol. The van der Waals surface area contributed by atoms with E-state index in [1.165, 1.54) is 17.5 Å². The molecular formula is C24H34IN3O. The SMILES string of the molecule is CN=C(NCCCCOCCc1ccccc1)N1CCC(c2ccccc2)C1.I. The van der Waals surface area contributed by atoms with Crippen LogP contribution in [0.5, 0.6) is 0 Å². The van der Waals surface area contributed by atoms with Crippen molar-refractivity contribution in [2.45, 2.75) is 31.6 Å². The Hall–Kier alpha value is -1.60. The molecule has 0 radical (unpaired) electrons. The van der Waals surface area contributed by atoms with Gasteiger partial charge in [-0.15, -0.1) is 24.0 Å². The van der Waals surface area contributed by atoms with Gasteiger partial charge in [-0.05, 0) is 36.8 Å². The molecule has 5 heteroatoms. The zero-order chi connectivity index (χ0) is 19.4. The lowest BCUT2D eigenvalue weighted by atomic mass is 9.99. The fourth-order valence-corrected chi connectivity index (χ4v) is 3.75. The minimum absolute atomic E-state index is 0. The van der Waals surface area contributed by atoms with Crippen molar-refractivity contribution in [3.05, 3.63) is 71.8 Å². The summed E-state index contributed by atoms with van der Waals surface area (Å²) in [6.45, 7) is 4.69. The molecule has 4 nitrogen and oxygen atoms in total. The maximum absolute atomic E-state index is 5.77. The van der Waals surface area contributed by atoms with Crippen LogP contribution in [0.4, 0.5) is 0 Å². The van der Waals surface area contributed by atoms with E-state index in [2.05, 4.69) is 75.9 Å². The Labute approximate surface area is 192 Å². The minimum Gasteiger partial charge on any atom is -0.381 e. The number of hydrogen-bond donors (Lipinski definition) is 1. The Bertz CT molecular complexity index is 709. The van der Waals surface area contributed by atoms with Gasteiger partial charge >= 0.3 is 0 Å². The quantitative estimate of drug-likeness (QED) is 0.231. The summed E-state index contributed by atoms with van der Waals surface area (Å²) in [5, 5.41) is 3.52. The molecule has 0 bridgehead atoms. The first-order chi connectivity index (χ1) is 13.9. The van der Waals surface area contributed by atoms with Crippen LogP contribution in [0.2, 0.25) is 0 Å². The Kier molecular flexibility index (Phi) is 11.1. The van der Waals surface area contributed by atoms with Crippen LogP contribution in [0, 0.1) is 0 Å². The number of halogens is 1. The van der Waals surface area contributed by atoms with Crippen LogP contribution in [-0.4, -0.2) is 50.8 Å². The van der Waals surface area contributed by atoms with Gasteiger partial charge in [0.2, 0.25) is 0 Å². The highest BCUT2D eigenvalue weighted by molar-refractivity contribution is 14.0.